The topological polar surface area (TPSA) is 177 Å². The minimum absolute atomic E-state index is 0.0440. The number of aliphatic hydroxyl groups excluding tert-OH is 1. The van der Waals surface area contributed by atoms with Crippen molar-refractivity contribution in [2.24, 2.45) is 5.73 Å². The van der Waals surface area contributed by atoms with Crippen LogP contribution in [0.15, 0.2) is 65.7 Å². The first-order valence-corrected chi connectivity index (χ1v) is 10.6. The quantitative estimate of drug-likeness (QED) is 0.166. The van der Waals surface area contributed by atoms with Crippen molar-refractivity contribution in [1.29, 1.82) is 5.41 Å². The summed E-state index contributed by atoms with van der Waals surface area (Å²) in [5.41, 5.74) is 6.99. The van der Waals surface area contributed by atoms with Crippen LogP contribution in [-0.2, 0) is 0 Å². The first kappa shape index (κ1) is 23.4. The van der Waals surface area contributed by atoms with E-state index in [1.807, 2.05) is 0 Å². The predicted molar refractivity (Wildman–Crippen MR) is 128 cm³/mol. The highest BCUT2D eigenvalue weighted by molar-refractivity contribution is 5.95. The van der Waals surface area contributed by atoms with Crippen molar-refractivity contribution >= 4 is 11.5 Å². The summed E-state index contributed by atoms with van der Waals surface area (Å²) in [4.78, 5) is 23.7. The smallest absolute Gasteiger partial charge is 0.350 e. The van der Waals surface area contributed by atoms with Crippen LogP contribution in [0.4, 0.5) is 5.69 Å². The Kier molecular flexibility index (Phi) is 7.02. The highest BCUT2D eigenvalue weighted by Crippen LogP contribution is 2.31. The van der Waals surface area contributed by atoms with Crippen LogP contribution in [0.25, 0.3) is 5.95 Å². The van der Waals surface area contributed by atoms with Crippen LogP contribution in [0.2, 0.25) is 0 Å². The molecule has 1 atom stereocenters. The lowest BCUT2D eigenvalue weighted by atomic mass is 10.0. The maximum Gasteiger partial charge on any atom is 0.350 e. The second-order valence-corrected chi connectivity index (χ2v) is 7.36. The van der Waals surface area contributed by atoms with Gasteiger partial charge in [-0.25, -0.2) is 14.8 Å². The van der Waals surface area contributed by atoms with Gasteiger partial charge in [0.2, 0.25) is 0 Å². The number of amidine groups is 1. The second-order valence-electron chi connectivity index (χ2n) is 7.36. The van der Waals surface area contributed by atoms with Crippen LogP contribution >= 0.6 is 0 Å². The van der Waals surface area contributed by atoms with Crippen LogP contribution in [0.5, 0.6) is 11.5 Å². The van der Waals surface area contributed by atoms with Gasteiger partial charge in [0.1, 0.15) is 30.0 Å². The third kappa shape index (κ3) is 5.45. The van der Waals surface area contributed by atoms with E-state index < -0.39 is 11.7 Å². The summed E-state index contributed by atoms with van der Waals surface area (Å²) in [5.74, 6) is 1.36. The number of rotatable bonds is 10. The molecule has 12 nitrogen and oxygen atoms in total. The Morgan fingerprint density at radius 2 is 1.91 bits per heavy atom. The molecule has 0 saturated carbocycles. The van der Waals surface area contributed by atoms with E-state index in [-0.39, 0.29) is 25.0 Å². The van der Waals surface area contributed by atoms with Crippen LogP contribution < -0.4 is 26.2 Å². The molecule has 2 aromatic carbocycles. The number of methoxy groups -OCH3 is 1. The monoisotopic (exact) mass is 476 g/mol. The Labute approximate surface area is 199 Å². The first-order chi connectivity index (χ1) is 17.0. The molecule has 12 heteroatoms. The summed E-state index contributed by atoms with van der Waals surface area (Å²) < 4.78 is 12.1. The van der Waals surface area contributed by atoms with Gasteiger partial charge >= 0.3 is 5.69 Å². The van der Waals surface area contributed by atoms with E-state index in [1.165, 1.54) is 19.5 Å². The summed E-state index contributed by atoms with van der Waals surface area (Å²) in [5, 5.41) is 24.5. The number of nitrogen functional groups attached to an aromatic ring is 1. The number of hydrogen-bond acceptors (Lipinski definition) is 9. The average Bonchev–Trinajstić information content (AvgIpc) is 3.27. The molecule has 0 amide bonds. The van der Waals surface area contributed by atoms with Crippen LogP contribution in [0.1, 0.15) is 23.0 Å². The van der Waals surface area contributed by atoms with Gasteiger partial charge in [-0.3, -0.25) is 10.4 Å². The SMILES string of the molecule is COc1cc(OCCO)cc(C(Nc2ccc(C(=N)N)cc2)c2nn(-c3ncccn3)c(=O)[nH]2)c1. The van der Waals surface area contributed by atoms with Gasteiger partial charge in [-0.1, -0.05) is 0 Å². The number of H-pyrrole nitrogens is 1. The van der Waals surface area contributed by atoms with E-state index in [4.69, 9.17) is 25.7 Å². The van der Waals surface area contributed by atoms with Gasteiger partial charge in [0.25, 0.3) is 5.95 Å². The van der Waals surface area contributed by atoms with Crippen molar-refractivity contribution in [2.45, 2.75) is 6.04 Å². The number of benzene rings is 2. The molecule has 0 aliphatic heterocycles. The number of nitrogens with one attached hydrogen (secondary N) is 3. The Morgan fingerprint density at radius 1 is 1.20 bits per heavy atom. The number of aliphatic hydroxyl groups is 1. The van der Waals surface area contributed by atoms with Gasteiger partial charge in [-0.15, -0.1) is 9.78 Å². The first-order valence-electron chi connectivity index (χ1n) is 10.6. The van der Waals surface area contributed by atoms with E-state index in [9.17, 15) is 4.79 Å². The molecule has 4 aromatic rings. The lowest BCUT2D eigenvalue weighted by molar-refractivity contribution is 0.201. The maximum absolute atomic E-state index is 12.7. The zero-order valence-electron chi connectivity index (χ0n) is 18.8. The maximum atomic E-state index is 12.7. The Balaban J connectivity index is 1.79. The zero-order valence-corrected chi connectivity index (χ0v) is 18.8. The highest BCUT2D eigenvalue weighted by atomic mass is 16.5. The molecular formula is C23H24N8O4. The van der Waals surface area contributed by atoms with Crippen molar-refractivity contribution in [3.63, 3.8) is 0 Å². The van der Waals surface area contributed by atoms with E-state index in [1.54, 1.807) is 48.5 Å². The molecule has 4 rings (SSSR count). The third-order valence-electron chi connectivity index (χ3n) is 4.99. The van der Waals surface area contributed by atoms with Crippen molar-refractivity contribution in [3.05, 3.63) is 88.4 Å². The molecule has 0 fully saturated rings. The molecule has 2 aromatic heterocycles. The van der Waals surface area contributed by atoms with Crippen molar-refractivity contribution in [1.82, 2.24) is 24.7 Å². The molecule has 0 aliphatic rings. The molecule has 0 aliphatic carbocycles. The lowest BCUT2D eigenvalue weighted by Gasteiger charge is -2.20. The van der Waals surface area contributed by atoms with E-state index >= 15 is 0 Å². The zero-order chi connectivity index (χ0) is 24.8. The fraction of sp³-hybridized carbons (Fsp3) is 0.174. The molecule has 0 radical (unpaired) electrons. The summed E-state index contributed by atoms with van der Waals surface area (Å²) in [6.07, 6.45) is 3.03. The predicted octanol–water partition coefficient (Wildman–Crippen LogP) is 1.22. The van der Waals surface area contributed by atoms with Crippen molar-refractivity contribution in [2.75, 3.05) is 25.6 Å². The summed E-state index contributed by atoms with van der Waals surface area (Å²) in [7, 11) is 1.53. The number of aromatic nitrogens is 5. The molecular weight excluding hydrogens is 452 g/mol. The van der Waals surface area contributed by atoms with E-state index in [2.05, 4.69) is 25.4 Å². The van der Waals surface area contributed by atoms with Crippen LogP contribution in [0.3, 0.4) is 0 Å². The normalized spacial score (nSPS) is 11.6. The fourth-order valence-electron chi connectivity index (χ4n) is 3.35. The van der Waals surface area contributed by atoms with Gasteiger partial charge in [0, 0.05) is 29.7 Å². The number of hydrogen-bond donors (Lipinski definition) is 5. The van der Waals surface area contributed by atoms with Gasteiger partial charge in [0.15, 0.2) is 5.82 Å². The molecule has 180 valence electrons. The van der Waals surface area contributed by atoms with Gasteiger partial charge in [-0.2, -0.15) is 0 Å². The van der Waals surface area contributed by atoms with Crippen LogP contribution in [0, 0.1) is 5.41 Å². The number of ether oxygens (including phenoxy) is 2. The third-order valence-corrected chi connectivity index (χ3v) is 4.99. The number of nitrogens with two attached hydrogens (primary N) is 1. The molecule has 0 bridgehead atoms. The van der Waals surface area contributed by atoms with E-state index in [0.717, 1.165) is 4.68 Å². The molecule has 6 N–H and O–H groups in total. The fourth-order valence-corrected chi connectivity index (χ4v) is 3.35. The lowest BCUT2D eigenvalue weighted by Crippen LogP contribution is -2.18. The second kappa shape index (κ2) is 10.5. The van der Waals surface area contributed by atoms with Gasteiger partial charge in [-0.05, 0) is 48.0 Å². The van der Waals surface area contributed by atoms with E-state index in [0.29, 0.717) is 34.1 Å². The Bertz CT molecular complexity index is 1350. The average molecular weight is 476 g/mol. The van der Waals surface area contributed by atoms with Crippen LogP contribution in [-0.4, -0.2) is 56.0 Å². The molecule has 0 spiro atoms. The Morgan fingerprint density at radius 3 is 2.57 bits per heavy atom. The number of nitrogens with zero attached hydrogens (tertiary/aromatic N) is 4. The van der Waals surface area contributed by atoms with Gasteiger partial charge < -0.3 is 25.6 Å². The number of anilines is 1. The minimum Gasteiger partial charge on any atom is -0.497 e. The van der Waals surface area contributed by atoms with Gasteiger partial charge in [0.05, 0.1) is 13.7 Å². The molecule has 35 heavy (non-hydrogen) atoms. The summed E-state index contributed by atoms with van der Waals surface area (Å²) in [6.45, 7) is -0.0421. The highest BCUT2D eigenvalue weighted by Gasteiger charge is 2.22. The van der Waals surface area contributed by atoms with Crippen molar-refractivity contribution < 1.29 is 14.6 Å². The molecule has 2 heterocycles. The summed E-state index contributed by atoms with van der Waals surface area (Å²) in [6, 6.07) is 13.2. The molecule has 0 saturated heterocycles. The number of aromatic amines is 1. The molecule has 1 unspecified atom stereocenters. The van der Waals surface area contributed by atoms with Crippen molar-refractivity contribution in [3.8, 4) is 17.4 Å². The Hall–Kier alpha value is -4.71. The largest absolute Gasteiger partial charge is 0.497 e. The minimum atomic E-state index is -0.651. The standard InChI is InChI=1S/C23H24N8O4/c1-34-17-11-15(12-18(13-17)35-10-9-32)19(28-16-5-3-14(4-6-16)20(24)25)21-29-23(33)31(30-21)22-26-7-2-8-27-22/h2-8,11-13,19,28,32H,9-10H2,1H3,(H3,24,25)(H,29,30,33). The summed E-state index contributed by atoms with van der Waals surface area (Å²) >= 11 is 0.